The molecule has 0 fully saturated rings. The Balaban J connectivity index is 1.42. The van der Waals surface area contributed by atoms with Crippen LogP contribution in [0.1, 0.15) is 23.2 Å². The number of hydrogen-bond acceptors (Lipinski definition) is 3. The van der Waals surface area contributed by atoms with E-state index in [-0.39, 0.29) is 11.5 Å². The third-order valence-electron chi connectivity index (χ3n) is 5.68. The van der Waals surface area contributed by atoms with Crippen molar-refractivity contribution in [2.75, 3.05) is 18.4 Å². The molecule has 0 saturated carbocycles. The minimum atomic E-state index is -0.212. The number of carbonyl (C=O) groups excluding carboxylic acids is 1. The van der Waals surface area contributed by atoms with Crippen molar-refractivity contribution in [3.05, 3.63) is 81.8 Å². The van der Waals surface area contributed by atoms with Gasteiger partial charge in [-0.25, -0.2) is 4.68 Å². The SMILES string of the molecule is Cc1c(NC(=O)CCN2CCc3ccccc3C2)c(=O)n(-c2ccccc2)n1C. The number of nitrogens with zero attached hydrogens (tertiary/aromatic N) is 3. The normalized spacial score (nSPS) is 13.9. The van der Waals surface area contributed by atoms with Crippen molar-refractivity contribution in [1.82, 2.24) is 14.3 Å². The Labute approximate surface area is 170 Å². The van der Waals surface area contributed by atoms with E-state index in [1.165, 1.54) is 11.1 Å². The van der Waals surface area contributed by atoms with Crippen LogP contribution < -0.4 is 10.9 Å². The zero-order chi connectivity index (χ0) is 20.4. The number of hydrogen-bond donors (Lipinski definition) is 1. The van der Waals surface area contributed by atoms with Crippen LogP contribution in [0.4, 0.5) is 5.69 Å². The first-order chi connectivity index (χ1) is 14.0. The molecule has 0 radical (unpaired) electrons. The van der Waals surface area contributed by atoms with Crippen LogP contribution in [0, 0.1) is 6.92 Å². The van der Waals surface area contributed by atoms with Gasteiger partial charge in [0.2, 0.25) is 5.91 Å². The van der Waals surface area contributed by atoms with Gasteiger partial charge in [-0.15, -0.1) is 0 Å². The molecule has 29 heavy (non-hydrogen) atoms. The van der Waals surface area contributed by atoms with Gasteiger partial charge in [0, 0.05) is 33.1 Å². The molecular formula is C23H26N4O2. The molecule has 2 heterocycles. The highest BCUT2D eigenvalue weighted by Gasteiger charge is 2.20. The van der Waals surface area contributed by atoms with Gasteiger partial charge in [0.05, 0.1) is 11.4 Å². The van der Waals surface area contributed by atoms with Crippen LogP contribution in [-0.4, -0.2) is 33.3 Å². The van der Waals surface area contributed by atoms with E-state index in [4.69, 9.17) is 0 Å². The highest BCUT2D eigenvalue weighted by atomic mass is 16.2. The first kappa shape index (κ1) is 19.2. The molecule has 0 atom stereocenters. The Hall–Kier alpha value is -3.12. The van der Waals surface area contributed by atoms with Crippen LogP contribution >= 0.6 is 0 Å². The zero-order valence-electron chi connectivity index (χ0n) is 16.9. The van der Waals surface area contributed by atoms with Gasteiger partial charge in [-0.1, -0.05) is 42.5 Å². The number of carbonyl (C=O) groups is 1. The smallest absolute Gasteiger partial charge is 0.295 e. The fourth-order valence-electron chi connectivity index (χ4n) is 3.92. The average molecular weight is 390 g/mol. The minimum absolute atomic E-state index is 0.130. The Morgan fingerprint density at radius 3 is 2.48 bits per heavy atom. The van der Waals surface area contributed by atoms with Crippen LogP contribution in [0.15, 0.2) is 59.4 Å². The minimum Gasteiger partial charge on any atom is -0.320 e. The van der Waals surface area contributed by atoms with Crippen molar-refractivity contribution in [3.8, 4) is 5.69 Å². The Bertz CT molecular complexity index is 1080. The maximum Gasteiger partial charge on any atom is 0.295 e. The lowest BCUT2D eigenvalue weighted by molar-refractivity contribution is -0.116. The highest BCUT2D eigenvalue weighted by molar-refractivity contribution is 5.91. The van der Waals surface area contributed by atoms with E-state index in [9.17, 15) is 9.59 Å². The maximum absolute atomic E-state index is 12.9. The molecule has 3 aromatic rings. The van der Waals surface area contributed by atoms with E-state index in [0.717, 1.165) is 30.9 Å². The van der Waals surface area contributed by atoms with Gasteiger partial charge >= 0.3 is 0 Å². The summed E-state index contributed by atoms with van der Waals surface area (Å²) in [6.45, 7) is 4.35. The molecule has 150 valence electrons. The highest BCUT2D eigenvalue weighted by Crippen LogP contribution is 2.19. The molecule has 0 bridgehead atoms. The van der Waals surface area contributed by atoms with Crippen molar-refractivity contribution >= 4 is 11.6 Å². The van der Waals surface area contributed by atoms with Crippen molar-refractivity contribution in [1.29, 1.82) is 0 Å². The Morgan fingerprint density at radius 2 is 1.72 bits per heavy atom. The number of nitrogens with one attached hydrogen (secondary N) is 1. The maximum atomic E-state index is 12.9. The quantitative estimate of drug-likeness (QED) is 0.729. The summed E-state index contributed by atoms with van der Waals surface area (Å²) in [7, 11) is 1.82. The molecule has 0 unspecified atom stereocenters. The molecule has 6 heteroatoms. The molecule has 6 nitrogen and oxygen atoms in total. The van der Waals surface area contributed by atoms with Crippen LogP contribution in [0.3, 0.4) is 0 Å². The molecule has 0 saturated heterocycles. The van der Waals surface area contributed by atoms with Crippen molar-refractivity contribution in [3.63, 3.8) is 0 Å². The summed E-state index contributed by atoms with van der Waals surface area (Å²) in [4.78, 5) is 27.8. The van der Waals surface area contributed by atoms with E-state index < -0.39 is 0 Å². The molecule has 1 aliphatic heterocycles. The van der Waals surface area contributed by atoms with Crippen LogP contribution in [0.5, 0.6) is 0 Å². The third-order valence-corrected chi connectivity index (χ3v) is 5.68. The van der Waals surface area contributed by atoms with Gasteiger partial charge in [0.1, 0.15) is 5.69 Å². The second kappa shape index (κ2) is 8.09. The fourth-order valence-corrected chi connectivity index (χ4v) is 3.92. The second-order valence-electron chi connectivity index (χ2n) is 7.53. The van der Waals surface area contributed by atoms with E-state index in [1.54, 1.807) is 9.36 Å². The average Bonchev–Trinajstić information content (AvgIpc) is 2.96. The van der Waals surface area contributed by atoms with E-state index in [2.05, 4.69) is 34.5 Å². The lowest BCUT2D eigenvalue weighted by Gasteiger charge is -2.28. The van der Waals surface area contributed by atoms with E-state index in [1.807, 2.05) is 44.3 Å². The zero-order valence-corrected chi connectivity index (χ0v) is 16.9. The van der Waals surface area contributed by atoms with Crippen LogP contribution in [-0.2, 0) is 24.8 Å². The number of amides is 1. The van der Waals surface area contributed by atoms with Crippen molar-refractivity contribution in [2.45, 2.75) is 26.3 Å². The number of aromatic nitrogens is 2. The number of para-hydroxylation sites is 1. The van der Waals surface area contributed by atoms with Crippen molar-refractivity contribution < 1.29 is 4.79 Å². The fraction of sp³-hybridized carbons (Fsp3) is 0.304. The lowest BCUT2D eigenvalue weighted by Crippen LogP contribution is -2.33. The van der Waals surface area contributed by atoms with Gasteiger partial charge in [0.15, 0.2) is 0 Å². The van der Waals surface area contributed by atoms with Gasteiger partial charge in [0.25, 0.3) is 5.56 Å². The molecule has 0 spiro atoms. The first-order valence-corrected chi connectivity index (χ1v) is 9.97. The summed E-state index contributed by atoms with van der Waals surface area (Å²) in [5, 5.41) is 2.85. The molecule has 1 aromatic heterocycles. The predicted molar refractivity (Wildman–Crippen MR) is 114 cm³/mol. The Kier molecular flexibility index (Phi) is 5.36. The number of fused-ring (bicyclic) bond motifs is 1. The second-order valence-corrected chi connectivity index (χ2v) is 7.53. The summed E-state index contributed by atoms with van der Waals surface area (Å²) >= 11 is 0. The number of rotatable bonds is 5. The lowest BCUT2D eigenvalue weighted by atomic mass is 10.00. The monoisotopic (exact) mass is 390 g/mol. The summed E-state index contributed by atoms with van der Waals surface area (Å²) in [5.74, 6) is -0.130. The number of benzene rings is 2. The van der Waals surface area contributed by atoms with Gasteiger partial charge < -0.3 is 5.32 Å². The molecule has 2 aromatic carbocycles. The molecule has 1 amide bonds. The predicted octanol–water partition coefficient (Wildman–Crippen LogP) is 2.87. The summed E-state index contributed by atoms with van der Waals surface area (Å²) in [5.41, 5.74) is 4.38. The Morgan fingerprint density at radius 1 is 1.03 bits per heavy atom. The molecule has 1 aliphatic rings. The topological polar surface area (TPSA) is 59.3 Å². The summed E-state index contributed by atoms with van der Waals surface area (Å²) < 4.78 is 3.35. The van der Waals surface area contributed by atoms with Gasteiger partial charge in [-0.05, 0) is 36.6 Å². The first-order valence-electron chi connectivity index (χ1n) is 9.97. The molecule has 0 aliphatic carbocycles. The van der Waals surface area contributed by atoms with Crippen LogP contribution in [0.2, 0.25) is 0 Å². The van der Waals surface area contributed by atoms with E-state index >= 15 is 0 Å². The third kappa shape index (κ3) is 3.89. The molecule has 4 rings (SSSR count). The van der Waals surface area contributed by atoms with E-state index in [0.29, 0.717) is 18.7 Å². The number of anilines is 1. The van der Waals surface area contributed by atoms with Gasteiger partial charge in [-0.3, -0.25) is 19.2 Å². The van der Waals surface area contributed by atoms with Crippen LogP contribution in [0.25, 0.3) is 5.69 Å². The van der Waals surface area contributed by atoms with Gasteiger partial charge in [-0.2, -0.15) is 0 Å². The standard InChI is InChI=1S/C23H26N4O2/c1-17-22(23(29)27(25(17)2)20-10-4-3-5-11-20)24-21(28)13-15-26-14-12-18-8-6-7-9-19(18)16-26/h3-11H,12-16H2,1-2H3,(H,24,28). The van der Waals surface area contributed by atoms with Crippen molar-refractivity contribution in [2.24, 2.45) is 7.05 Å². The summed E-state index contributed by atoms with van der Waals surface area (Å²) in [6, 6.07) is 17.9. The largest absolute Gasteiger partial charge is 0.320 e. The summed E-state index contributed by atoms with van der Waals surface area (Å²) in [6.07, 6.45) is 1.37. The molecule has 1 N–H and O–H groups in total. The molecular weight excluding hydrogens is 364 g/mol.